The van der Waals surface area contributed by atoms with E-state index >= 15 is 0 Å². The zero-order valence-corrected chi connectivity index (χ0v) is 33.7. The highest BCUT2D eigenvalue weighted by atomic mass is 15.1. The van der Waals surface area contributed by atoms with Crippen molar-refractivity contribution in [2.24, 2.45) is 0 Å². The van der Waals surface area contributed by atoms with Crippen molar-refractivity contribution >= 4 is 70.9 Å². The Kier molecular flexibility index (Phi) is 7.65. The summed E-state index contributed by atoms with van der Waals surface area (Å²) in [5.74, 6) is 0. The third kappa shape index (κ3) is 5.19. The van der Waals surface area contributed by atoms with Gasteiger partial charge in [-0.15, -0.1) is 0 Å². The minimum absolute atomic E-state index is 0.158. The van der Waals surface area contributed by atoms with Gasteiger partial charge in [0.2, 0.25) is 0 Å². The molecule has 1 aliphatic carbocycles. The van der Waals surface area contributed by atoms with Crippen molar-refractivity contribution in [3.8, 4) is 33.4 Å². The first-order valence-electron chi connectivity index (χ1n) is 21.0. The number of anilines is 3. The minimum atomic E-state index is -0.158. The largest absolute Gasteiger partial charge is 0.310 e. The van der Waals surface area contributed by atoms with Crippen molar-refractivity contribution in [2.75, 3.05) is 4.90 Å². The summed E-state index contributed by atoms with van der Waals surface area (Å²) in [6, 6.07) is 78.9. The fraction of sp³-hybridized carbons (Fsp3) is 0.0508. The van der Waals surface area contributed by atoms with Gasteiger partial charge in [-0.1, -0.05) is 184 Å². The summed E-state index contributed by atoms with van der Waals surface area (Å²) in [6.45, 7) is 4.79. The Labute approximate surface area is 350 Å². The van der Waals surface area contributed by atoms with Crippen molar-refractivity contribution < 1.29 is 0 Å². The van der Waals surface area contributed by atoms with Gasteiger partial charge in [-0.2, -0.15) is 0 Å². The third-order valence-corrected chi connectivity index (χ3v) is 13.2. The van der Waals surface area contributed by atoms with Crippen LogP contribution in [0, 0.1) is 0 Å². The summed E-state index contributed by atoms with van der Waals surface area (Å²) < 4.78 is 0. The van der Waals surface area contributed by atoms with Gasteiger partial charge in [0.1, 0.15) is 0 Å². The van der Waals surface area contributed by atoms with Crippen LogP contribution in [0.5, 0.6) is 0 Å². The Morgan fingerprint density at radius 1 is 0.300 bits per heavy atom. The average molecular weight is 764 g/mol. The van der Waals surface area contributed by atoms with E-state index in [1.165, 1.54) is 98.4 Å². The Morgan fingerprint density at radius 3 is 1.45 bits per heavy atom. The van der Waals surface area contributed by atoms with Gasteiger partial charge in [0.15, 0.2) is 0 Å². The molecule has 0 atom stereocenters. The van der Waals surface area contributed by atoms with Crippen LogP contribution in [0.4, 0.5) is 17.1 Å². The predicted octanol–water partition coefficient (Wildman–Crippen LogP) is 16.6. The smallest absolute Gasteiger partial charge is 0.0468 e. The van der Waals surface area contributed by atoms with Gasteiger partial charge in [-0.05, 0) is 141 Å². The van der Waals surface area contributed by atoms with E-state index in [0.717, 1.165) is 17.1 Å². The molecule has 60 heavy (non-hydrogen) atoms. The van der Waals surface area contributed by atoms with Gasteiger partial charge in [-0.3, -0.25) is 0 Å². The van der Waals surface area contributed by atoms with Crippen LogP contribution >= 0.6 is 0 Å². The molecule has 0 aromatic heterocycles. The predicted molar refractivity (Wildman–Crippen MR) is 257 cm³/mol. The molecule has 282 valence electrons. The van der Waals surface area contributed by atoms with Crippen molar-refractivity contribution in [3.63, 3.8) is 0 Å². The molecule has 0 unspecified atom stereocenters. The molecule has 1 heteroatoms. The van der Waals surface area contributed by atoms with Gasteiger partial charge in [0.25, 0.3) is 0 Å². The summed E-state index contributed by atoms with van der Waals surface area (Å²) in [7, 11) is 0. The molecule has 12 rings (SSSR count). The van der Waals surface area contributed by atoms with E-state index in [4.69, 9.17) is 0 Å². The fourth-order valence-corrected chi connectivity index (χ4v) is 10.3. The van der Waals surface area contributed by atoms with Gasteiger partial charge < -0.3 is 4.90 Å². The zero-order valence-electron chi connectivity index (χ0n) is 33.7. The van der Waals surface area contributed by atoms with E-state index in [1.807, 2.05) is 0 Å². The van der Waals surface area contributed by atoms with Crippen molar-refractivity contribution in [2.45, 2.75) is 19.3 Å². The molecule has 11 aromatic rings. The molecule has 0 heterocycles. The van der Waals surface area contributed by atoms with Crippen LogP contribution < -0.4 is 4.90 Å². The van der Waals surface area contributed by atoms with Crippen LogP contribution in [0.15, 0.2) is 212 Å². The molecule has 0 radical (unpaired) electrons. The second kappa shape index (κ2) is 13.3. The van der Waals surface area contributed by atoms with E-state index < -0.39 is 0 Å². The van der Waals surface area contributed by atoms with Gasteiger partial charge in [0, 0.05) is 22.5 Å². The van der Waals surface area contributed by atoms with Crippen LogP contribution in [-0.2, 0) is 5.41 Å². The van der Waals surface area contributed by atoms with Crippen molar-refractivity contribution in [3.05, 3.63) is 223 Å². The number of benzene rings is 11. The standard InChI is InChI=1S/C59H41N/c1-59(2)54-27-15-14-26-51(54)58-47-23-11-10-22-46(47)53(37-55(58)59)57-49-25-13-12-24-48(49)56(40-18-4-3-5-19-40)50-33-32-45(36-52(50)57)60(43-30-28-38-16-6-8-20-41(38)34-43)44-31-29-39-17-7-9-21-42(39)35-44/h3-37H,1-2H3. The normalized spacial score (nSPS) is 13.0. The summed E-state index contributed by atoms with van der Waals surface area (Å²) in [5, 5.41) is 12.4. The summed E-state index contributed by atoms with van der Waals surface area (Å²) >= 11 is 0. The van der Waals surface area contributed by atoms with Crippen LogP contribution in [-0.4, -0.2) is 0 Å². The molecular formula is C59H41N. The van der Waals surface area contributed by atoms with Crippen LogP contribution in [0.1, 0.15) is 25.0 Å². The maximum Gasteiger partial charge on any atom is 0.0468 e. The highest BCUT2D eigenvalue weighted by Gasteiger charge is 2.37. The molecule has 0 bridgehead atoms. The first kappa shape index (κ1) is 34.6. The number of rotatable bonds is 5. The lowest BCUT2D eigenvalue weighted by Gasteiger charge is -2.28. The highest BCUT2D eigenvalue weighted by molar-refractivity contribution is 6.25. The van der Waals surface area contributed by atoms with Crippen LogP contribution in [0.2, 0.25) is 0 Å². The van der Waals surface area contributed by atoms with Gasteiger partial charge in [-0.25, -0.2) is 0 Å². The van der Waals surface area contributed by atoms with Gasteiger partial charge in [0.05, 0.1) is 0 Å². The lowest BCUT2D eigenvalue weighted by Crippen LogP contribution is -2.15. The first-order chi connectivity index (χ1) is 29.5. The molecule has 1 nitrogen and oxygen atoms in total. The number of nitrogens with zero attached hydrogens (tertiary/aromatic N) is 1. The molecule has 0 aliphatic heterocycles. The molecule has 0 saturated carbocycles. The van der Waals surface area contributed by atoms with E-state index in [1.54, 1.807) is 0 Å². The molecule has 0 saturated heterocycles. The molecule has 0 fully saturated rings. The van der Waals surface area contributed by atoms with Crippen LogP contribution in [0.3, 0.4) is 0 Å². The summed E-state index contributed by atoms with van der Waals surface area (Å²) in [5.41, 5.74) is 13.7. The quantitative estimate of drug-likeness (QED) is 0.158. The number of hydrogen-bond acceptors (Lipinski definition) is 1. The molecule has 1 aliphatic rings. The van der Waals surface area contributed by atoms with E-state index in [0.29, 0.717) is 0 Å². The molecule has 0 amide bonds. The Balaban J connectivity index is 1.21. The first-order valence-corrected chi connectivity index (χ1v) is 21.0. The van der Waals surface area contributed by atoms with E-state index in [-0.39, 0.29) is 5.41 Å². The fourth-order valence-electron chi connectivity index (χ4n) is 10.3. The SMILES string of the molecule is CC1(C)c2ccccc2-c2c1cc(-c1c3ccccc3c(-c3ccccc3)c3ccc(N(c4ccc5ccccc5c4)c4ccc5ccccc5c4)cc13)c1ccccc21. The molecule has 0 N–H and O–H groups in total. The molecule has 11 aromatic carbocycles. The Hall–Kier alpha value is -7.48. The third-order valence-electron chi connectivity index (χ3n) is 13.2. The zero-order chi connectivity index (χ0) is 40.0. The van der Waals surface area contributed by atoms with Crippen LogP contribution in [0.25, 0.3) is 87.2 Å². The Bertz CT molecular complexity index is 3440. The van der Waals surface area contributed by atoms with E-state index in [2.05, 4.69) is 231 Å². The lowest BCUT2D eigenvalue weighted by molar-refractivity contribution is 0.661. The molecule has 0 spiro atoms. The Morgan fingerprint density at radius 2 is 0.783 bits per heavy atom. The summed E-state index contributed by atoms with van der Waals surface area (Å²) in [4.78, 5) is 2.44. The summed E-state index contributed by atoms with van der Waals surface area (Å²) in [6.07, 6.45) is 0. The van der Waals surface area contributed by atoms with Gasteiger partial charge >= 0.3 is 0 Å². The molecular weight excluding hydrogens is 723 g/mol. The maximum absolute atomic E-state index is 2.54. The van der Waals surface area contributed by atoms with Crippen molar-refractivity contribution in [1.82, 2.24) is 0 Å². The lowest BCUT2D eigenvalue weighted by atomic mass is 9.79. The average Bonchev–Trinajstić information content (AvgIpc) is 3.53. The second-order valence-electron chi connectivity index (χ2n) is 16.9. The van der Waals surface area contributed by atoms with Crippen molar-refractivity contribution in [1.29, 1.82) is 0 Å². The maximum atomic E-state index is 2.54. The monoisotopic (exact) mass is 763 g/mol. The van der Waals surface area contributed by atoms with E-state index in [9.17, 15) is 0 Å². The highest BCUT2D eigenvalue weighted by Crippen LogP contribution is 2.55. The number of fused-ring (bicyclic) bond motifs is 9. The number of hydrogen-bond donors (Lipinski definition) is 0. The second-order valence-corrected chi connectivity index (χ2v) is 16.9. The minimum Gasteiger partial charge on any atom is -0.310 e. The topological polar surface area (TPSA) is 3.24 Å².